The van der Waals surface area contributed by atoms with Crippen molar-refractivity contribution in [2.75, 3.05) is 12.4 Å². The number of carbonyl (C=O) groups is 1. The first kappa shape index (κ1) is 16.7. The normalized spacial score (nSPS) is 12.6. The van der Waals surface area contributed by atoms with Crippen molar-refractivity contribution >= 4 is 17.3 Å². The lowest BCUT2D eigenvalue weighted by Crippen LogP contribution is -2.36. The zero-order chi connectivity index (χ0) is 16.2. The van der Waals surface area contributed by atoms with E-state index in [1.165, 1.54) is 25.3 Å². The van der Waals surface area contributed by atoms with E-state index in [4.69, 9.17) is 9.84 Å². The second kappa shape index (κ2) is 6.43. The second-order valence-electron chi connectivity index (χ2n) is 5.80. The molecule has 0 amide bonds. The molecule has 0 aliphatic rings. The summed E-state index contributed by atoms with van der Waals surface area (Å²) in [7, 11) is 1.46. The van der Waals surface area contributed by atoms with Gasteiger partial charge in [-0.1, -0.05) is 20.8 Å². The molecule has 21 heavy (non-hydrogen) atoms. The zero-order valence-corrected chi connectivity index (χ0v) is 12.5. The third-order valence-electron chi connectivity index (χ3n) is 3.15. The SMILES string of the molecule is COc1ccc([N+](=O)[O-])c(NC(CC(=O)O)C(C)(C)C)c1. The van der Waals surface area contributed by atoms with Crippen molar-refractivity contribution in [2.45, 2.75) is 33.2 Å². The maximum atomic E-state index is 11.1. The standard InChI is InChI=1S/C14H20N2O5/c1-14(2,3)12(8-13(17)18)15-10-7-9(21-4)5-6-11(10)16(19)20/h5-7,12,15H,8H2,1-4H3,(H,17,18). The highest BCUT2D eigenvalue weighted by molar-refractivity contribution is 5.70. The molecular formula is C14H20N2O5. The summed E-state index contributed by atoms with van der Waals surface area (Å²) in [6.07, 6.45) is -0.141. The van der Waals surface area contributed by atoms with E-state index in [0.29, 0.717) is 5.75 Å². The first-order valence-corrected chi connectivity index (χ1v) is 6.46. The molecule has 1 atom stereocenters. The molecule has 0 bridgehead atoms. The van der Waals surface area contributed by atoms with Crippen molar-refractivity contribution in [3.05, 3.63) is 28.3 Å². The number of aliphatic carboxylic acids is 1. The summed E-state index contributed by atoms with van der Waals surface area (Å²) in [5.41, 5.74) is -0.244. The lowest BCUT2D eigenvalue weighted by molar-refractivity contribution is -0.384. The third-order valence-corrected chi connectivity index (χ3v) is 3.15. The highest BCUT2D eigenvalue weighted by Gasteiger charge is 2.29. The molecule has 0 aromatic heterocycles. The molecule has 0 spiro atoms. The van der Waals surface area contributed by atoms with Crippen LogP contribution in [0.1, 0.15) is 27.2 Å². The van der Waals surface area contributed by atoms with Gasteiger partial charge >= 0.3 is 5.97 Å². The summed E-state index contributed by atoms with van der Waals surface area (Å²) >= 11 is 0. The molecule has 2 N–H and O–H groups in total. The van der Waals surface area contributed by atoms with Gasteiger partial charge in [0.05, 0.1) is 18.5 Å². The summed E-state index contributed by atoms with van der Waals surface area (Å²) in [5.74, 6) is -0.501. The molecule has 7 heteroatoms. The van der Waals surface area contributed by atoms with E-state index in [1.54, 1.807) is 0 Å². The molecule has 1 aromatic rings. The van der Waals surface area contributed by atoms with E-state index in [0.717, 1.165) is 0 Å². The van der Waals surface area contributed by atoms with Crippen molar-refractivity contribution in [3.63, 3.8) is 0 Å². The number of nitro groups is 1. The predicted octanol–water partition coefficient (Wildman–Crippen LogP) is 2.90. The van der Waals surface area contributed by atoms with E-state index >= 15 is 0 Å². The molecular weight excluding hydrogens is 276 g/mol. The Morgan fingerprint density at radius 1 is 1.48 bits per heavy atom. The number of benzene rings is 1. The molecule has 0 fully saturated rings. The Morgan fingerprint density at radius 3 is 2.52 bits per heavy atom. The van der Waals surface area contributed by atoms with Crippen LogP contribution in [0.2, 0.25) is 0 Å². The molecule has 0 aliphatic heterocycles. The van der Waals surface area contributed by atoms with Crippen LogP contribution in [0.3, 0.4) is 0 Å². The first-order chi connectivity index (χ1) is 9.65. The minimum absolute atomic E-state index is 0.115. The number of hydrogen-bond donors (Lipinski definition) is 2. The quantitative estimate of drug-likeness (QED) is 0.618. The Kier molecular flexibility index (Phi) is 5.12. The number of ether oxygens (including phenoxy) is 1. The van der Waals surface area contributed by atoms with Crippen molar-refractivity contribution in [1.82, 2.24) is 0 Å². The number of nitrogens with zero attached hydrogens (tertiary/aromatic N) is 1. The highest BCUT2D eigenvalue weighted by Crippen LogP contribution is 2.33. The minimum atomic E-state index is -0.965. The van der Waals surface area contributed by atoms with Gasteiger partial charge < -0.3 is 15.2 Å². The molecule has 0 radical (unpaired) electrons. The lowest BCUT2D eigenvalue weighted by atomic mass is 9.84. The Bertz CT molecular complexity index is 537. The van der Waals surface area contributed by atoms with E-state index in [2.05, 4.69) is 5.32 Å². The molecule has 0 saturated heterocycles. The number of anilines is 1. The van der Waals surface area contributed by atoms with Crippen LogP contribution in [0.25, 0.3) is 0 Å². The topological polar surface area (TPSA) is 102 Å². The molecule has 116 valence electrons. The number of nitro benzene ring substituents is 1. The van der Waals surface area contributed by atoms with Gasteiger partial charge in [-0.05, 0) is 11.5 Å². The van der Waals surface area contributed by atoms with E-state index < -0.39 is 16.9 Å². The van der Waals surface area contributed by atoms with Gasteiger partial charge in [0.2, 0.25) is 0 Å². The van der Waals surface area contributed by atoms with Gasteiger partial charge in [0, 0.05) is 18.2 Å². The third kappa shape index (κ3) is 4.62. The second-order valence-corrected chi connectivity index (χ2v) is 5.80. The first-order valence-electron chi connectivity index (χ1n) is 6.46. The summed E-state index contributed by atoms with van der Waals surface area (Å²) in [4.78, 5) is 21.6. The molecule has 0 saturated carbocycles. The highest BCUT2D eigenvalue weighted by atomic mass is 16.6. The van der Waals surface area contributed by atoms with Gasteiger partial charge in [-0.25, -0.2) is 0 Å². The van der Waals surface area contributed by atoms with E-state index in [9.17, 15) is 14.9 Å². The average molecular weight is 296 g/mol. The fraction of sp³-hybridized carbons (Fsp3) is 0.500. The van der Waals surface area contributed by atoms with Crippen molar-refractivity contribution in [3.8, 4) is 5.75 Å². The number of carboxylic acids is 1. The average Bonchev–Trinajstić information content (AvgIpc) is 2.35. The number of methoxy groups -OCH3 is 1. The van der Waals surface area contributed by atoms with Gasteiger partial charge in [-0.2, -0.15) is 0 Å². The van der Waals surface area contributed by atoms with Crippen molar-refractivity contribution in [1.29, 1.82) is 0 Å². The summed E-state index contributed by atoms with van der Waals surface area (Å²) < 4.78 is 5.06. The zero-order valence-electron chi connectivity index (χ0n) is 12.5. The molecule has 7 nitrogen and oxygen atoms in total. The van der Waals surface area contributed by atoms with Gasteiger partial charge in [0.25, 0.3) is 5.69 Å². The Labute approximate surface area is 123 Å². The Hall–Kier alpha value is -2.31. The van der Waals surface area contributed by atoms with Crippen LogP contribution in [-0.2, 0) is 4.79 Å². The Balaban J connectivity index is 3.17. The fourth-order valence-electron chi connectivity index (χ4n) is 1.85. The van der Waals surface area contributed by atoms with E-state index in [-0.39, 0.29) is 23.2 Å². The van der Waals surface area contributed by atoms with E-state index in [1.807, 2.05) is 20.8 Å². The van der Waals surface area contributed by atoms with Crippen LogP contribution in [-0.4, -0.2) is 29.2 Å². The minimum Gasteiger partial charge on any atom is -0.497 e. The summed E-state index contributed by atoms with van der Waals surface area (Å²) in [6.45, 7) is 5.62. The van der Waals surface area contributed by atoms with Crippen LogP contribution >= 0.6 is 0 Å². The monoisotopic (exact) mass is 296 g/mol. The number of hydrogen-bond acceptors (Lipinski definition) is 5. The van der Waals surface area contributed by atoms with Crippen LogP contribution in [0.4, 0.5) is 11.4 Å². The summed E-state index contributed by atoms with van der Waals surface area (Å²) in [6, 6.07) is 3.87. The molecule has 0 heterocycles. The maximum Gasteiger partial charge on any atom is 0.305 e. The number of carboxylic acid groups (broad SMARTS) is 1. The smallest absolute Gasteiger partial charge is 0.305 e. The maximum absolute atomic E-state index is 11.1. The number of nitrogens with one attached hydrogen (secondary N) is 1. The van der Waals surface area contributed by atoms with Crippen LogP contribution in [0, 0.1) is 15.5 Å². The van der Waals surface area contributed by atoms with Crippen LogP contribution in [0.5, 0.6) is 5.75 Å². The molecule has 1 aromatic carbocycles. The molecule has 1 unspecified atom stereocenters. The largest absolute Gasteiger partial charge is 0.497 e. The molecule has 0 aliphatic carbocycles. The number of rotatable bonds is 6. The van der Waals surface area contributed by atoms with Crippen molar-refractivity contribution < 1.29 is 19.6 Å². The van der Waals surface area contributed by atoms with Gasteiger partial charge in [0.1, 0.15) is 11.4 Å². The summed E-state index contributed by atoms with van der Waals surface area (Å²) in [5, 5.41) is 23.1. The van der Waals surface area contributed by atoms with Gasteiger partial charge in [-0.3, -0.25) is 14.9 Å². The van der Waals surface area contributed by atoms with Crippen LogP contribution < -0.4 is 10.1 Å². The van der Waals surface area contributed by atoms with Gasteiger partial charge in [0.15, 0.2) is 0 Å². The van der Waals surface area contributed by atoms with Gasteiger partial charge in [-0.15, -0.1) is 0 Å². The van der Waals surface area contributed by atoms with Crippen molar-refractivity contribution in [2.24, 2.45) is 5.41 Å². The van der Waals surface area contributed by atoms with Crippen LogP contribution in [0.15, 0.2) is 18.2 Å². The molecule has 1 rings (SSSR count). The lowest BCUT2D eigenvalue weighted by Gasteiger charge is -2.31. The fourth-order valence-corrected chi connectivity index (χ4v) is 1.85. The Morgan fingerprint density at radius 2 is 2.10 bits per heavy atom. The predicted molar refractivity (Wildman–Crippen MR) is 78.8 cm³/mol.